The predicted molar refractivity (Wildman–Crippen MR) is 149 cm³/mol. The summed E-state index contributed by atoms with van der Waals surface area (Å²) in [6.45, 7) is 7.63. The minimum absolute atomic E-state index is 0.00806. The molecule has 4 atom stereocenters. The van der Waals surface area contributed by atoms with Crippen molar-refractivity contribution in [2.75, 3.05) is 33.2 Å². The third-order valence-electron chi connectivity index (χ3n) is 8.68. The number of amides is 4. The summed E-state index contributed by atoms with van der Waals surface area (Å²) in [5, 5.41) is 5.56. The second-order valence-corrected chi connectivity index (χ2v) is 12.9. The Hall–Kier alpha value is -3.31. The van der Waals surface area contributed by atoms with E-state index in [0.717, 1.165) is 12.0 Å². The molecule has 3 heterocycles. The predicted octanol–water partition coefficient (Wildman–Crippen LogP) is 1.93. The van der Waals surface area contributed by atoms with Crippen molar-refractivity contribution >= 4 is 35.0 Å². The summed E-state index contributed by atoms with van der Waals surface area (Å²) in [6, 6.07) is 8.69. The number of ether oxygens (including phenoxy) is 1. The fraction of sp³-hybridized carbons (Fsp3) is 0.552. The molecule has 4 amide bonds. The Kier molecular flexibility index (Phi) is 7.71. The lowest BCUT2D eigenvalue weighted by Gasteiger charge is -2.50. The van der Waals surface area contributed by atoms with Gasteiger partial charge in [0.1, 0.15) is 10.9 Å². The van der Waals surface area contributed by atoms with Crippen molar-refractivity contribution in [3.63, 3.8) is 0 Å². The van der Waals surface area contributed by atoms with E-state index in [-0.39, 0.29) is 41.5 Å². The van der Waals surface area contributed by atoms with E-state index < -0.39 is 23.5 Å². The summed E-state index contributed by atoms with van der Waals surface area (Å²) < 4.78 is 5.98. The zero-order valence-corrected chi connectivity index (χ0v) is 24.2. The van der Waals surface area contributed by atoms with Gasteiger partial charge >= 0.3 is 0 Å². The number of likely N-dealkylation sites (tertiary alicyclic amines) is 2. The van der Waals surface area contributed by atoms with E-state index >= 15 is 0 Å². The van der Waals surface area contributed by atoms with E-state index in [4.69, 9.17) is 4.74 Å². The molecule has 10 nitrogen and oxygen atoms in total. The zero-order chi connectivity index (χ0) is 28.7. The molecule has 5 rings (SSSR count). The second-order valence-electron chi connectivity index (χ2n) is 12.0. The van der Waals surface area contributed by atoms with Gasteiger partial charge in [0, 0.05) is 44.6 Å². The minimum Gasteiger partial charge on any atom is -0.371 e. The number of nitrogens with zero attached hydrogens (tertiary/aromatic N) is 3. The lowest BCUT2D eigenvalue weighted by atomic mass is 9.70. The van der Waals surface area contributed by atoms with Crippen molar-refractivity contribution in [3.8, 4) is 0 Å². The Morgan fingerprint density at radius 1 is 1.10 bits per heavy atom. The van der Waals surface area contributed by atoms with Crippen LogP contribution in [0.25, 0.3) is 0 Å². The lowest BCUT2D eigenvalue weighted by Crippen LogP contribution is -2.65. The van der Waals surface area contributed by atoms with Gasteiger partial charge in [-0.15, -0.1) is 11.3 Å². The van der Waals surface area contributed by atoms with Crippen LogP contribution < -0.4 is 10.6 Å². The molecule has 1 spiro atoms. The number of likely N-dealkylation sites (N-methyl/N-ethyl adjacent to an activating group) is 1. The average molecular weight is 568 g/mol. The van der Waals surface area contributed by atoms with Crippen LogP contribution in [0, 0.1) is 22.7 Å². The number of carbonyl (C=O) groups excluding carboxylic acids is 4. The summed E-state index contributed by atoms with van der Waals surface area (Å²) in [6.07, 6.45) is 1.80. The van der Waals surface area contributed by atoms with Crippen LogP contribution >= 0.6 is 11.3 Å². The third-order valence-corrected chi connectivity index (χ3v) is 9.44. The Balaban J connectivity index is 1.31. The maximum absolute atomic E-state index is 13.8. The fourth-order valence-corrected chi connectivity index (χ4v) is 6.55. The summed E-state index contributed by atoms with van der Waals surface area (Å²) in [7, 11) is 1.52. The first-order chi connectivity index (χ1) is 19.0. The summed E-state index contributed by atoms with van der Waals surface area (Å²) in [5.41, 5.74) is 2.01. The maximum atomic E-state index is 13.8. The molecule has 2 N–H and O–H groups in total. The first kappa shape index (κ1) is 28.2. The minimum atomic E-state index is -0.922. The van der Waals surface area contributed by atoms with Gasteiger partial charge < -0.3 is 25.2 Å². The van der Waals surface area contributed by atoms with E-state index in [2.05, 4.69) is 29.5 Å². The van der Waals surface area contributed by atoms with Crippen LogP contribution in [0.5, 0.6) is 0 Å². The Labute approximate surface area is 238 Å². The zero-order valence-electron chi connectivity index (χ0n) is 23.4. The monoisotopic (exact) mass is 567 g/mol. The standard InChI is InChI=1S/C29H37N5O5S/c1-18(39-13-19-8-6-5-7-9-19)23(25(36)30-4)32-24(35)21-12-33(27(38)22-11-31-17-40-22)14-29(21)15-34(16-29)26(37)20-10-28(20,2)3/h5-9,11,17-18,20-21,23H,10,12-16H2,1-4H3,(H,30,36)(H,32,35)/t18-,20-,21+,23+/m1/s1. The maximum Gasteiger partial charge on any atom is 0.265 e. The molecule has 1 saturated carbocycles. The van der Waals surface area contributed by atoms with Crippen molar-refractivity contribution in [3.05, 3.63) is 52.5 Å². The van der Waals surface area contributed by atoms with E-state index in [9.17, 15) is 19.2 Å². The van der Waals surface area contributed by atoms with Crippen molar-refractivity contribution in [2.45, 2.75) is 45.9 Å². The highest BCUT2D eigenvalue weighted by atomic mass is 32.1. The van der Waals surface area contributed by atoms with Crippen LogP contribution in [0.15, 0.2) is 42.0 Å². The van der Waals surface area contributed by atoms with Gasteiger partial charge in [-0.2, -0.15) is 0 Å². The molecule has 40 heavy (non-hydrogen) atoms. The molecule has 0 unspecified atom stereocenters. The largest absolute Gasteiger partial charge is 0.371 e. The van der Waals surface area contributed by atoms with Gasteiger partial charge in [0.25, 0.3) is 5.91 Å². The number of aromatic nitrogens is 1. The molecule has 1 aromatic heterocycles. The smallest absolute Gasteiger partial charge is 0.265 e. The topological polar surface area (TPSA) is 121 Å². The highest BCUT2D eigenvalue weighted by molar-refractivity contribution is 7.11. The molecular formula is C29H37N5O5S. The number of nitrogens with one attached hydrogen (secondary N) is 2. The Morgan fingerprint density at radius 3 is 2.38 bits per heavy atom. The van der Waals surface area contributed by atoms with Gasteiger partial charge in [0.15, 0.2) is 0 Å². The van der Waals surface area contributed by atoms with E-state index in [1.54, 1.807) is 17.3 Å². The quantitative estimate of drug-likeness (QED) is 0.478. The van der Waals surface area contributed by atoms with Gasteiger partial charge in [-0.3, -0.25) is 24.2 Å². The van der Waals surface area contributed by atoms with Crippen molar-refractivity contribution in [1.29, 1.82) is 0 Å². The number of benzene rings is 1. The molecule has 2 aromatic rings. The molecular weight excluding hydrogens is 530 g/mol. The molecule has 214 valence electrons. The molecule has 0 radical (unpaired) electrons. The summed E-state index contributed by atoms with van der Waals surface area (Å²) in [4.78, 5) is 61.0. The lowest BCUT2D eigenvalue weighted by molar-refractivity contribution is -0.152. The van der Waals surface area contributed by atoms with E-state index in [1.165, 1.54) is 24.6 Å². The Bertz CT molecular complexity index is 1260. The molecule has 0 bridgehead atoms. The number of hydrogen-bond acceptors (Lipinski definition) is 7. The second kappa shape index (κ2) is 10.9. The van der Waals surface area contributed by atoms with Crippen molar-refractivity contribution in [1.82, 2.24) is 25.4 Å². The number of thiazole rings is 1. The highest BCUT2D eigenvalue weighted by Gasteiger charge is 2.62. The molecule has 1 aromatic carbocycles. The average Bonchev–Trinajstić information content (AvgIpc) is 3.30. The summed E-state index contributed by atoms with van der Waals surface area (Å²) in [5.74, 6) is -1.30. The molecule has 2 aliphatic heterocycles. The summed E-state index contributed by atoms with van der Waals surface area (Å²) >= 11 is 1.26. The van der Waals surface area contributed by atoms with Crippen LogP contribution in [0.3, 0.4) is 0 Å². The van der Waals surface area contributed by atoms with Crippen LogP contribution in [-0.4, -0.2) is 83.8 Å². The van der Waals surface area contributed by atoms with Crippen molar-refractivity contribution < 1.29 is 23.9 Å². The van der Waals surface area contributed by atoms with Crippen molar-refractivity contribution in [2.24, 2.45) is 22.7 Å². The number of hydrogen-bond donors (Lipinski definition) is 2. The van der Waals surface area contributed by atoms with Gasteiger partial charge in [0.2, 0.25) is 17.7 Å². The van der Waals surface area contributed by atoms with E-state index in [1.807, 2.05) is 35.2 Å². The molecule has 11 heteroatoms. The third kappa shape index (κ3) is 5.49. The van der Waals surface area contributed by atoms with E-state index in [0.29, 0.717) is 31.1 Å². The van der Waals surface area contributed by atoms with Gasteiger partial charge in [0.05, 0.1) is 30.3 Å². The molecule has 3 fully saturated rings. The van der Waals surface area contributed by atoms with Crippen LogP contribution in [0.1, 0.15) is 42.4 Å². The van der Waals surface area contributed by atoms with Gasteiger partial charge in [-0.25, -0.2) is 0 Å². The van der Waals surface area contributed by atoms with Crippen LogP contribution in [-0.2, 0) is 25.7 Å². The number of carbonyl (C=O) groups is 4. The molecule has 2 saturated heterocycles. The SMILES string of the molecule is CNC(=O)[C@@H](NC(=O)[C@@H]1CN(C(=O)c2cncs2)CC12CN(C(=O)[C@H]1CC1(C)C)C2)[C@@H](C)OCc1ccccc1. The van der Waals surface area contributed by atoms with Crippen LogP contribution in [0.4, 0.5) is 0 Å². The van der Waals surface area contributed by atoms with Crippen LogP contribution in [0.2, 0.25) is 0 Å². The normalized spacial score (nSPS) is 23.7. The first-order valence-electron chi connectivity index (χ1n) is 13.7. The van der Waals surface area contributed by atoms with Gasteiger partial charge in [-0.05, 0) is 24.3 Å². The first-order valence-corrected chi connectivity index (χ1v) is 14.6. The van der Waals surface area contributed by atoms with Gasteiger partial charge in [-0.1, -0.05) is 44.2 Å². The molecule has 3 aliphatic rings. The fourth-order valence-electron chi connectivity index (χ4n) is 5.96. The molecule has 1 aliphatic carbocycles. The number of rotatable bonds is 9. The highest BCUT2D eigenvalue weighted by Crippen LogP contribution is 2.54. The Morgan fingerprint density at radius 2 is 1.77 bits per heavy atom.